The lowest BCUT2D eigenvalue weighted by atomic mass is 9.85. The van der Waals surface area contributed by atoms with E-state index in [4.69, 9.17) is 27.4 Å². The number of anilines is 1. The number of H-pyrrole nitrogens is 1. The maximum Gasteiger partial charge on any atom is 0.214 e. The standard InChI is InChI=1S/C16H18ClN5O/c17-14-7-13(6-3-11(14)8-18)23-12-4-1-10(2-5-12)15-9-20-16(21-15)22-19/h3,6-7,9-10,12H,1-2,4-5,19H2,(H2,20,21,22). The number of hydrogen-bond donors (Lipinski definition) is 3. The Labute approximate surface area is 139 Å². The second kappa shape index (κ2) is 6.90. The van der Waals surface area contributed by atoms with Crippen LogP contribution < -0.4 is 16.0 Å². The molecule has 120 valence electrons. The Kier molecular flexibility index (Phi) is 4.70. The fourth-order valence-electron chi connectivity index (χ4n) is 2.96. The monoisotopic (exact) mass is 331 g/mol. The smallest absolute Gasteiger partial charge is 0.214 e. The van der Waals surface area contributed by atoms with Crippen molar-refractivity contribution in [3.05, 3.63) is 40.7 Å². The summed E-state index contributed by atoms with van der Waals surface area (Å²) in [5.74, 6) is 7.10. The van der Waals surface area contributed by atoms with Crippen molar-refractivity contribution in [2.24, 2.45) is 5.84 Å². The Morgan fingerprint density at radius 1 is 1.35 bits per heavy atom. The summed E-state index contributed by atoms with van der Waals surface area (Å²) in [6.07, 6.45) is 5.99. The van der Waals surface area contributed by atoms with Gasteiger partial charge in [-0.2, -0.15) is 5.26 Å². The Morgan fingerprint density at radius 2 is 2.13 bits per heavy atom. The molecule has 1 fully saturated rings. The van der Waals surface area contributed by atoms with Gasteiger partial charge in [-0.1, -0.05) is 11.6 Å². The van der Waals surface area contributed by atoms with E-state index in [0.29, 0.717) is 28.2 Å². The molecule has 0 unspecified atom stereocenters. The topological polar surface area (TPSA) is 99.8 Å². The van der Waals surface area contributed by atoms with Crippen LogP contribution in [0, 0.1) is 11.3 Å². The number of nitrogen functional groups attached to an aromatic ring is 1. The molecule has 3 rings (SSSR count). The van der Waals surface area contributed by atoms with Gasteiger partial charge in [-0.15, -0.1) is 0 Å². The normalized spacial score (nSPS) is 20.7. The fourth-order valence-corrected chi connectivity index (χ4v) is 3.17. The third kappa shape index (κ3) is 3.58. The summed E-state index contributed by atoms with van der Waals surface area (Å²) in [6.45, 7) is 0. The van der Waals surface area contributed by atoms with Crippen LogP contribution in [0.2, 0.25) is 5.02 Å². The minimum Gasteiger partial charge on any atom is -0.490 e. The molecule has 1 aromatic carbocycles. The number of nitrogens with one attached hydrogen (secondary N) is 2. The first-order chi connectivity index (χ1) is 11.2. The lowest BCUT2D eigenvalue weighted by Gasteiger charge is -2.28. The average molecular weight is 332 g/mol. The van der Waals surface area contributed by atoms with Crippen molar-refractivity contribution in [1.82, 2.24) is 9.97 Å². The Bertz CT molecular complexity index is 716. The number of nitriles is 1. The third-order valence-corrected chi connectivity index (χ3v) is 4.52. The number of ether oxygens (including phenoxy) is 1. The van der Waals surface area contributed by atoms with Gasteiger partial charge in [0, 0.05) is 17.7 Å². The molecule has 1 heterocycles. The summed E-state index contributed by atoms with van der Waals surface area (Å²) in [7, 11) is 0. The molecule has 6 nitrogen and oxygen atoms in total. The fraction of sp³-hybridized carbons (Fsp3) is 0.375. The first-order valence-corrected chi connectivity index (χ1v) is 7.95. The highest BCUT2D eigenvalue weighted by atomic mass is 35.5. The molecule has 0 amide bonds. The number of nitrogens with two attached hydrogens (primary N) is 1. The van der Waals surface area contributed by atoms with Crippen LogP contribution >= 0.6 is 11.6 Å². The van der Waals surface area contributed by atoms with E-state index in [1.54, 1.807) is 18.2 Å². The second-order valence-corrected chi connectivity index (χ2v) is 6.08. The van der Waals surface area contributed by atoms with E-state index in [1.807, 2.05) is 12.3 Å². The predicted octanol–water partition coefficient (Wildman–Crippen LogP) is 3.33. The van der Waals surface area contributed by atoms with Gasteiger partial charge in [0.15, 0.2) is 0 Å². The highest BCUT2D eigenvalue weighted by Crippen LogP contribution is 2.34. The summed E-state index contributed by atoms with van der Waals surface area (Å²) in [4.78, 5) is 7.34. The van der Waals surface area contributed by atoms with Gasteiger partial charge in [0.05, 0.1) is 22.9 Å². The highest BCUT2D eigenvalue weighted by molar-refractivity contribution is 6.31. The van der Waals surface area contributed by atoms with Crippen LogP contribution in [0.1, 0.15) is 42.9 Å². The van der Waals surface area contributed by atoms with E-state index < -0.39 is 0 Å². The van der Waals surface area contributed by atoms with Crippen LogP contribution in [-0.4, -0.2) is 16.1 Å². The molecule has 0 atom stereocenters. The zero-order valence-electron chi connectivity index (χ0n) is 12.6. The van der Waals surface area contributed by atoms with E-state index in [0.717, 1.165) is 31.4 Å². The molecule has 0 spiro atoms. The summed E-state index contributed by atoms with van der Waals surface area (Å²) < 4.78 is 5.99. The van der Waals surface area contributed by atoms with Crippen molar-refractivity contribution in [3.63, 3.8) is 0 Å². The molecule has 1 aliphatic carbocycles. The number of aromatic amines is 1. The van der Waals surface area contributed by atoms with Gasteiger partial charge in [0.2, 0.25) is 5.95 Å². The lowest BCUT2D eigenvalue weighted by molar-refractivity contribution is 0.146. The SMILES string of the molecule is N#Cc1ccc(OC2CCC(c3cnc(NN)[nH]3)CC2)cc1Cl. The number of benzene rings is 1. The molecular formula is C16H18ClN5O. The highest BCUT2D eigenvalue weighted by Gasteiger charge is 2.25. The van der Waals surface area contributed by atoms with E-state index in [9.17, 15) is 0 Å². The number of rotatable bonds is 4. The summed E-state index contributed by atoms with van der Waals surface area (Å²) >= 11 is 6.04. The summed E-state index contributed by atoms with van der Waals surface area (Å²) in [5.41, 5.74) is 4.09. The molecule has 2 aromatic rings. The number of halogens is 1. The number of hydrazine groups is 1. The van der Waals surface area contributed by atoms with E-state index >= 15 is 0 Å². The first kappa shape index (κ1) is 15.7. The molecule has 23 heavy (non-hydrogen) atoms. The Morgan fingerprint density at radius 3 is 2.74 bits per heavy atom. The largest absolute Gasteiger partial charge is 0.490 e. The number of aromatic nitrogens is 2. The second-order valence-electron chi connectivity index (χ2n) is 5.68. The van der Waals surface area contributed by atoms with E-state index in [1.165, 1.54) is 0 Å². The van der Waals surface area contributed by atoms with Crippen molar-refractivity contribution < 1.29 is 4.74 Å². The lowest BCUT2D eigenvalue weighted by Crippen LogP contribution is -2.23. The average Bonchev–Trinajstić information content (AvgIpc) is 3.05. The minimum absolute atomic E-state index is 0.172. The van der Waals surface area contributed by atoms with Gasteiger partial charge < -0.3 is 9.72 Å². The van der Waals surface area contributed by atoms with Crippen molar-refractivity contribution in [1.29, 1.82) is 5.26 Å². The molecule has 1 saturated carbocycles. The molecule has 0 aliphatic heterocycles. The number of hydrogen-bond acceptors (Lipinski definition) is 5. The Balaban J connectivity index is 1.57. The third-order valence-electron chi connectivity index (χ3n) is 4.21. The number of imidazole rings is 1. The zero-order chi connectivity index (χ0) is 16.2. The van der Waals surface area contributed by atoms with Gasteiger partial charge in [0.1, 0.15) is 11.8 Å². The maximum absolute atomic E-state index is 8.89. The van der Waals surface area contributed by atoms with Gasteiger partial charge in [-0.05, 0) is 37.8 Å². The van der Waals surface area contributed by atoms with E-state index in [2.05, 4.69) is 15.4 Å². The minimum atomic E-state index is 0.172. The quantitative estimate of drug-likeness (QED) is 0.589. The maximum atomic E-state index is 8.89. The molecule has 1 aromatic heterocycles. The van der Waals surface area contributed by atoms with Crippen LogP contribution in [-0.2, 0) is 0 Å². The van der Waals surface area contributed by atoms with Crippen molar-refractivity contribution >= 4 is 17.5 Å². The van der Waals surface area contributed by atoms with Crippen LogP contribution in [0.5, 0.6) is 5.75 Å². The van der Waals surface area contributed by atoms with Gasteiger partial charge in [-0.25, -0.2) is 10.8 Å². The Hall–Kier alpha value is -2.23. The zero-order valence-corrected chi connectivity index (χ0v) is 13.3. The van der Waals surface area contributed by atoms with Crippen LogP contribution in [0.15, 0.2) is 24.4 Å². The molecule has 7 heteroatoms. The number of nitrogens with zero attached hydrogens (tertiary/aromatic N) is 2. The van der Waals surface area contributed by atoms with Crippen LogP contribution in [0.25, 0.3) is 0 Å². The van der Waals surface area contributed by atoms with Crippen LogP contribution in [0.4, 0.5) is 5.95 Å². The van der Waals surface area contributed by atoms with Crippen molar-refractivity contribution in [2.75, 3.05) is 5.43 Å². The molecule has 0 bridgehead atoms. The molecule has 4 N–H and O–H groups in total. The first-order valence-electron chi connectivity index (χ1n) is 7.57. The van der Waals surface area contributed by atoms with Gasteiger partial charge in [-0.3, -0.25) is 5.43 Å². The summed E-state index contributed by atoms with van der Waals surface area (Å²) in [5, 5.41) is 9.32. The molecular weight excluding hydrogens is 314 g/mol. The van der Waals surface area contributed by atoms with Gasteiger partial charge >= 0.3 is 0 Å². The van der Waals surface area contributed by atoms with Crippen molar-refractivity contribution in [3.8, 4) is 11.8 Å². The summed E-state index contributed by atoms with van der Waals surface area (Å²) in [6, 6.07) is 7.24. The van der Waals surface area contributed by atoms with E-state index in [-0.39, 0.29) is 6.10 Å². The van der Waals surface area contributed by atoms with Crippen LogP contribution in [0.3, 0.4) is 0 Å². The molecule has 0 radical (unpaired) electrons. The van der Waals surface area contributed by atoms with Crippen molar-refractivity contribution in [2.45, 2.75) is 37.7 Å². The molecule has 0 saturated heterocycles. The molecule has 1 aliphatic rings. The predicted molar refractivity (Wildman–Crippen MR) is 88.2 cm³/mol. The van der Waals surface area contributed by atoms with Gasteiger partial charge in [0.25, 0.3) is 0 Å².